The number of likely N-dealkylation sites (tertiary alicyclic amines) is 2. The Morgan fingerprint density at radius 3 is 2.43 bits per heavy atom. The van der Waals surface area contributed by atoms with Crippen molar-refractivity contribution in [3.8, 4) is 0 Å². The van der Waals surface area contributed by atoms with Gasteiger partial charge in [0.2, 0.25) is 0 Å². The molecule has 23 heavy (non-hydrogen) atoms. The van der Waals surface area contributed by atoms with Crippen LogP contribution < -0.4 is 0 Å². The van der Waals surface area contributed by atoms with E-state index < -0.39 is 5.60 Å². The van der Waals surface area contributed by atoms with Crippen LogP contribution in [0.5, 0.6) is 0 Å². The van der Waals surface area contributed by atoms with E-state index >= 15 is 0 Å². The van der Waals surface area contributed by atoms with Gasteiger partial charge in [0.05, 0.1) is 0 Å². The molecule has 3 rings (SSSR count). The molecule has 0 radical (unpaired) electrons. The average Bonchev–Trinajstić information content (AvgIpc) is 2.55. The fourth-order valence-electron chi connectivity index (χ4n) is 3.66. The van der Waals surface area contributed by atoms with Crippen LogP contribution in [0.15, 0.2) is 24.3 Å². The van der Waals surface area contributed by atoms with E-state index in [2.05, 4.69) is 4.90 Å². The summed E-state index contributed by atoms with van der Waals surface area (Å²) in [5.41, 5.74) is -0.378. The van der Waals surface area contributed by atoms with Crippen molar-refractivity contribution in [2.45, 2.75) is 44.2 Å². The summed E-state index contributed by atoms with van der Waals surface area (Å²) in [6.45, 7) is 3.45. The van der Waals surface area contributed by atoms with Crippen LogP contribution in [0.3, 0.4) is 0 Å². The number of piperidine rings is 2. The first-order chi connectivity index (χ1) is 11.1. The van der Waals surface area contributed by atoms with Crippen LogP contribution in [0.1, 0.15) is 37.7 Å². The van der Waals surface area contributed by atoms with Crippen molar-refractivity contribution in [3.05, 3.63) is 35.6 Å². The monoisotopic (exact) mass is 320 g/mol. The molecule has 1 amide bonds. The number of nitrogens with zero attached hydrogens (tertiary/aromatic N) is 2. The molecule has 0 bridgehead atoms. The van der Waals surface area contributed by atoms with Gasteiger partial charge in [0.25, 0.3) is 5.91 Å². The molecule has 5 heteroatoms. The fourth-order valence-corrected chi connectivity index (χ4v) is 3.66. The molecule has 1 atom stereocenters. The lowest BCUT2D eigenvalue weighted by molar-refractivity contribution is -0.160. The first kappa shape index (κ1) is 16.4. The Hall–Kier alpha value is -1.46. The zero-order valence-corrected chi connectivity index (χ0v) is 13.5. The first-order valence-corrected chi connectivity index (χ1v) is 8.55. The van der Waals surface area contributed by atoms with Crippen molar-refractivity contribution in [2.75, 3.05) is 26.2 Å². The predicted octanol–water partition coefficient (Wildman–Crippen LogP) is 2.17. The van der Waals surface area contributed by atoms with Crippen molar-refractivity contribution in [1.29, 1.82) is 0 Å². The van der Waals surface area contributed by atoms with Crippen LogP contribution in [0, 0.1) is 5.82 Å². The van der Waals surface area contributed by atoms with E-state index in [4.69, 9.17) is 0 Å². The summed E-state index contributed by atoms with van der Waals surface area (Å²) in [4.78, 5) is 16.7. The highest BCUT2D eigenvalue weighted by atomic mass is 19.1. The number of aliphatic hydroxyl groups is 1. The first-order valence-electron chi connectivity index (χ1n) is 8.55. The van der Waals surface area contributed by atoms with Crippen molar-refractivity contribution < 1.29 is 14.3 Å². The maximum atomic E-state index is 13.0. The lowest BCUT2D eigenvalue weighted by Gasteiger charge is -2.41. The second kappa shape index (κ2) is 6.97. The summed E-state index contributed by atoms with van der Waals surface area (Å²) < 4.78 is 13.0. The lowest BCUT2D eigenvalue weighted by Crippen LogP contribution is -2.58. The van der Waals surface area contributed by atoms with Gasteiger partial charge in [-0.3, -0.25) is 9.69 Å². The smallest absolute Gasteiger partial charge is 0.256 e. The largest absolute Gasteiger partial charge is 0.379 e. The number of hydrogen-bond acceptors (Lipinski definition) is 3. The molecule has 2 fully saturated rings. The number of β-amino-alcohol motifs (C(OH)–C–C–N with tert-alkyl or cyclic N) is 1. The third kappa shape index (κ3) is 3.90. The van der Waals surface area contributed by atoms with Gasteiger partial charge in [-0.2, -0.15) is 0 Å². The van der Waals surface area contributed by atoms with E-state index in [9.17, 15) is 14.3 Å². The summed E-state index contributed by atoms with van der Waals surface area (Å²) in [5, 5.41) is 10.9. The SMILES string of the molecule is O=C1N(Cc2ccc(F)cc2)CCCC1(O)CN1CCCCC1. The molecule has 0 saturated carbocycles. The maximum absolute atomic E-state index is 13.0. The molecule has 1 aromatic rings. The molecule has 2 heterocycles. The van der Waals surface area contributed by atoms with Gasteiger partial charge in [-0.05, 0) is 56.5 Å². The number of carbonyl (C=O) groups excluding carboxylic acids is 1. The van der Waals surface area contributed by atoms with E-state index in [1.807, 2.05) is 0 Å². The van der Waals surface area contributed by atoms with Gasteiger partial charge in [0.15, 0.2) is 5.60 Å². The molecule has 0 aliphatic carbocycles. The average molecular weight is 320 g/mol. The second-order valence-corrected chi connectivity index (χ2v) is 6.83. The minimum absolute atomic E-state index is 0.182. The number of hydrogen-bond donors (Lipinski definition) is 1. The Balaban J connectivity index is 1.65. The zero-order chi connectivity index (χ0) is 16.3. The van der Waals surface area contributed by atoms with Crippen molar-refractivity contribution >= 4 is 5.91 Å². The van der Waals surface area contributed by atoms with Gasteiger partial charge in [0.1, 0.15) is 5.82 Å². The van der Waals surface area contributed by atoms with Crippen LogP contribution >= 0.6 is 0 Å². The zero-order valence-electron chi connectivity index (χ0n) is 13.5. The standard InChI is InChI=1S/C18H25FN2O2/c19-16-7-5-15(6-8-16)13-21-12-4-9-18(23,17(21)22)14-20-10-2-1-3-11-20/h5-8,23H,1-4,9-14H2. The van der Waals surface area contributed by atoms with E-state index in [-0.39, 0.29) is 11.7 Å². The molecule has 4 nitrogen and oxygen atoms in total. The van der Waals surface area contributed by atoms with Gasteiger partial charge in [-0.15, -0.1) is 0 Å². The highest BCUT2D eigenvalue weighted by molar-refractivity contribution is 5.86. The number of halogens is 1. The van der Waals surface area contributed by atoms with E-state index in [0.717, 1.165) is 37.9 Å². The molecule has 2 saturated heterocycles. The second-order valence-electron chi connectivity index (χ2n) is 6.83. The highest BCUT2D eigenvalue weighted by Crippen LogP contribution is 2.26. The van der Waals surface area contributed by atoms with Crippen LogP contribution in [0.4, 0.5) is 4.39 Å². The topological polar surface area (TPSA) is 43.8 Å². The summed E-state index contributed by atoms with van der Waals surface area (Å²) in [7, 11) is 0. The molecule has 2 aliphatic rings. The maximum Gasteiger partial charge on any atom is 0.256 e. The third-order valence-electron chi connectivity index (χ3n) is 4.92. The van der Waals surface area contributed by atoms with Crippen molar-refractivity contribution in [2.24, 2.45) is 0 Å². The Morgan fingerprint density at radius 1 is 1.04 bits per heavy atom. The molecule has 1 aromatic carbocycles. The van der Waals surface area contributed by atoms with E-state index in [0.29, 0.717) is 26.1 Å². The van der Waals surface area contributed by atoms with Gasteiger partial charge in [-0.25, -0.2) is 4.39 Å². The quantitative estimate of drug-likeness (QED) is 0.925. The Bertz CT molecular complexity index is 542. The number of rotatable bonds is 4. The molecular weight excluding hydrogens is 295 g/mol. The number of carbonyl (C=O) groups is 1. The normalized spacial score (nSPS) is 26.5. The van der Waals surface area contributed by atoms with E-state index in [1.165, 1.54) is 18.6 Å². The number of amides is 1. The van der Waals surface area contributed by atoms with Crippen molar-refractivity contribution in [3.63, 3.8) is 0 Å². The Morgan fingerprint density at radius 2 is 1.74 bits per heavy atom. The molecule has 1 N–H and O–H groups in total. The van der Waals surface area contributed by atoms with Crippen LogP contribution in [-0.4, -0.2) is 52.6 Å². The minimum Gasteiger partial charge on any atom is -0.379 e. The molecular formula is C18H25FN2O2. The predicted molar refractivity (Wildman–Crippen MR) is 86.3 cm³/mol. The molecule has 126 valence electrons. The van der Waals surface area contributed by atoms with Crippen LogP contribution in [0.2, 0.25) is 0 Å². The lowest BCUT2D eigenvalue weighted by atomic mass is 9.90. The molecule has 0 spiro atoms. The van der Waals surface area contributed by atoms with Crippen LogP contribution in [0.25, 0.3) is 0 Å². The summed E-state index contributed by atoms with van der Waals surface area (Å²) >= 11 is 0. The molecule has 2 aliphatic heterocycles. The molecule has 1 unspecified atom stereocenters. The summed E-state index contributed by atoms with van der Waals surface area (Å²) in [6.07, 6.45) is 4.85. The molecule has 0 aromatic heterocycles. The summed E-state index contributed by atoms with van der Waals surface area (Å²) in [5.74, 6) is -0.459. The highest BCUT2D eigenvalue weighted by Gasteiger charge is 2.43. The third-order valence-corrected chi connectivity index (χ3v) is 4.92. The van der Waals surface area contributed by atoms with Crippen molar-refractivity contribution in [1.82, 2.24) is 9.80 Å². The Labute approximate surface area is 136 Å². The fraction of sp³-hybridized carbons (Fsp3) is 0.611. The van der Waals surface area contributed by atoms with Gasteiger partial charge < -0.3 is 10.0 Å². The van der Waals surface area contributed by atoms with E-state index in [1.54, 1.807) is 17.0 Å². The van der Waals surface area contributed by atoms with Gasteiger partial charge >= 0.3 is 0 Å². The Kier molecular flexibility index (Phi) is 4.97. The van der Waals surface area contributed by atoms with Gasteiger partial charge in [-0.1, -0.05) is 18.6 Å². The summed E-state index contributed by atoms with van der Waals surface area (Å²) in [6, 6.07) is 6.20. The minimum atomic E-state index is -1.27. The van der Waals surface area contributed by atoms with Gasteiger partial charge in [0, 0.05) is 19.6 Å². The van der Waals surface area contributed by atoms with Crippen LogP contribution in [-0.2, 0) is 11.3 Å². The number of benzene rings is 1.